The third-order valence-electron chi connectivity index (χ3n) is 3.51. The summed E-state index contributed by atoms with van der Waals surface area (Å²) in [6.45, 7) is 2.36. The van der Waals surface area contributed by atoms with Crippen LogP contribution in [-0.2, 0) is 4.79 Å². The van der Waals surface area contributed by atoms with Crippen molar-refractivity contribution in [1.29, 1.82) is 0 Å². The molecule has 0 saturated carbocycles. The first-order valence-electron chi connectivity index (χ1n) is 7.85. The Bertz CT molecular complexity index is 791. The van der Waals surface area contributed by atoms with Gasteiger partial charge in [0.05, 0.1) is 12.8 Å². The van der Waals surface area contributed by atoms with Crippen molar-refractivity contribution < 1.29 is 24.1 Å². The quantitative estimate of drug-likeness (QED) is 0.641. The van der Waals surface area contributed by atoms with Gasteiger partial charge in [-0.15, -0.1) is 0 Å². The fourth-order valence-electron chi connectivity index (χ4n) is 2.30. The van der Waals surface area contributed by atoms with E-state index in [2.05, 4.69) is 10.5 Å². The van der Waals surface area contributed by atoms with Crippen molar-refractivity contribution in [2.24, 2.45) is 5.10 Å². The molecule has 7 nitrogen and oxygen atoms in total. The third kappa shape index (κ3) is 3.82. The minimum absolute atomic E-state index is 0.0338. The highest BCUT2D eigenvalue weighted by Gasteiger charge is 2.27. The van der Waals surface area contributed by atoms with Gasteiger partial charge >= 0.3 is 0 Å². The Hall–Kier alpha value is -3.22. The zero-order chi connectivity index (χ0) is 17.6. The van der Waals surface area contributed by atoms with E-state index in [1.807, 2.05) is 13.0 Å². The van der Waals surface area contributed by atoms with E-state index in [4.69, 9.17) is 14.2 Å². The van der Waals surface area contributed by atoms with Crippen LogP contribution >= 0.6 is 0 Å². The predicted octanol–water partition coefficient (Wildman–Crippen LogP) is 2.08. The number of carbonyl (C=O) groups is 1. The number of phenols is 1. The second kappa shape index (κ2) is 7.57. The third-order valence-corrected chi connectivity index (χ3v) is 3.51. The van der Waals surface area contributed by atoms with E-state index >= 15 is 0 Å². The molecule has 2 N–H and O–H groups in total. The van der Waals surface area contributed by atoms with Crippen LogP contribution in [0.4, 0.5) is 0 Å². The fourth-order valence-corrected chi connectivity index (χ4v) is 2.30. The second-order valence-electron chi connectivity index (χ2n) is 5.23. The Morgan fingerprint density at radius 1 is 1.32 bits per heavy atom. The standard InChI is InChI=1S/C18H18N2O5/c1-2-23-15-9-5-6-12(17(15)21)10-19-20-18(22)16-11-24-13-7-3-4-8-14(13)25-16/h3-10,16,21H,2,11H2,1H3,(H,20,22)/b19-10-. The molecule has 2 aromatic carbocycles. The summed E-state index contributed by atoms with van der Waals surface area (Å²) in [4.78, 5) is 12.1. The van der Waals surface area contributed by atoms with E-state index < -0.39 is 12.0 Å². The predicted molar refractivity (Wildman–Crippen MR) is 91.4 cm³/mol. The van der Waals surface area contributed by atoms with Crippen molar-refractivity contribution in [1.82, 2.24) is 5.43 Å². The zero-order valence-corrected chi connectivity index (χ0v) is 13.6. The van der Waals surface area contributed by atoms with Crippen LogP contribution in [-0.4, -0.2) is 36.5 Å². The molecule has 1 atom stereocenters. The SMILES string of the molecule is CCOc1cccc(/C=N\NC(=O)C2COc3ccccc3O2)c1O. The van der Waals surface area contributed by atoms with Gasteiger partial charge in [0.2, 0.25) is 6.10 Å². The van der Waals surface area contributed by atoms with Crippen molar-refractivity contribution in [3.05, 3.63) is 48.0 Å². The number of fused-ring (bicyclic) bond motifs is 1. The molecule has 1 amide bonds. The maximum Gasteiger partial charge on any atom is 0.284 e. The molecule has 0 bridgehead atoms. The number of para-hydroxylation sites is 3. The van der Waals surface area contributed by atoms with Crippen molar-refractivity contribution in [3.63, 3.8) is 0 Å². The van der Waals surface area contributed by atoms with Crippen LogP contribution in [0.25, 0.3) is 0 Å². The zero-order valence-electron chi connectivity index (χ0n) is 13.6. The van der Waals surface area contributed by atoms with E-state index in [9.17, 15) is 9.90 Å². The fraction of sp³-hybridized carbons (Fsp3) is 0.222. The highest BCUT2D eigenvalue weighted by atomic mass is 16.6. The molecule has 1 aliphatic rings. The number of nitrogens with one attached hydrogen (secondary N) is 1. The van der Waals surface area contributed by atoms with Gasteiger partial charge in [0.15, 0.2) is 23.0 Å². The molecule has 130 valence electrons. The van der Waals surface area contributed by atoms with Crippen LogP contribution in [0, 0.1) is 0 Å². The number of phenolic OH excluding ortho intramolecular Hbond substituents is 1. The molecule has 2 aromatic rings. The molecule has 0 saturated heterocycles. The number of nitrogens with zero attached hydrogens (tertiary/aromatic N) is 1. The lowest BCUT2D eigenvalue weighted by atomic mass is 10.2. The molecule has 0 radical (unpaired) electrons. The normalized spacial score (nSPS) is 15.8. The topological polar surface area (TPSA) is 89.4 Å². The van der Waals surface area contributed by atoms with Crippen molar-refractivity contribution in [2.45, 2.75) is 13.0 Å². The number of hydrazone groups is 1. The lowest BCUT2D eigenvalue weighted by Crippen LogP contribution is -2.42. The Labute approximate surface area is 144 Å². The summed E-state index contributed by atoms with van der Waals surface area (Å²) in [5.41, 5.74) is 2.81. The Morgan fingerprint density at radius 2 is 2.12 bits per heavy atom. The molecule has 0 spiro atoms. The summed E-state index contributed by atoms with van der Waals surface area (Å²) in [6, 6.07) is 12.2. The Kier molecular flexibility index (Phi) is 5.03. The Balaban J connectivity index is 1.61. The highest BCUT2D eigenvalue weighted by Crippen LogP contribution is 2.31. The van der Waals surface area contributed by atoms with Crippen LogP contribution in [0.2, 0.25) is 0 Å². The van der Waals surface area contributed by atoms with E-state index in [1.54, 1.807) is 36.4 Å². The largest absolute Gasteiger partial charge is 0.504 e. The summed E-state index contributed by atoms with van der Waals surface area (Å²) in [5.74, 6) is 1.01. The average molecular weight is 342 g/mol. The number of benzene rings is 2. The van der Waals surface area contributed by atoms with Gasteiger partial charge < -0.3 is 19.3 Å². The molecule has 0 fully saturated rings. The van der Waals surface area contributed by atoms with E-state index in [1.165, 1.54) is 6.21 Å². The maximum atomic E-state index is 12.1. The van der Waals surface area contributed by atoms with Crippen LogP contribution in [0.15, 0.2) is 47.6 Å². The van der Waals surface area contributed by atoms with Gasteiger partial charge in [-0.2, -0.15) is 5.10 Å². The van der Waals surface area contributed by atoms with Crippen molar-refractivity contribution in [3.8, 4) is 23.0 Å². The number of rotatable bonds is 5. The molecule has 1 unspecified atom stereocenters. The van der Waals surface area contributed by atoms with Gasteiger partial charge in [-0.05, 0) is 31.2 Å². The summed E-state index contributed by atoms with van der Waals surface area (Å²) in [5, 5.41) is 13.9. The van der Waals surface area contributed by atoms with Gasteiger partial charge in [-0.1, -0.05) is 18.2 Å². The number of hydrogen-bond donors (Lipinski definition) is 2. The molecule has 7 heteroatoms. The van der Waals surface area contributed by atoms with Crippen LogP contribution in [0.1, 0.15) is 12.5 Å². The minimum atomic E-state index is -0.796. The van der Waals surface area contributed by atoms with Crippen LogP contribution < -0.4 is 19.6 Å². The summed E-state index contributed by atoms with van der Waals surface area (Å²) < 4.78 is 16.4. The van der Waals surface area contributed by atoms with Gasteiger partial charge in [0, 0.05) is 5.56 Å². The lowest BCUT2D eigenvalue weighted by Gasteiger charge is -2.24. The van der Waals surface area contributed by atoms with E-state index in [-0.39, 0.29) is 12.4 Å². The number of amides is 1. The molecular formula is C18H18N2O5. The molecule has 1 heterocycles. The van der Waals surface area contributed by atoms with E-state index in [0.717, 1.165) is 0 Å². The van der Waals surface area contributed by atoms with Gasteiger partial charge in [-0.25, -0.2) is 5.43 Å². The van der Waals surface area contributed by atoms with Crippen LogP contribution in [0.5, 0.6) is 23.0 Å². The maximum absolute atomic E-state index is 12.1. The number of aromatic hydroxyl groups is 1. The summed E-state index contributed by atoms with van der Waals surface area (Å²) >= 11 is 0. The van der Waals surface area contributed by atoms with Crippen molar-refractivity contribution in [2.75, 3.05) is 13.2 Å². The molecule has 25 heavy (non-hydrogen) atoms. The molecule has 3 rings (SSSR count). The summed E-state index contributed by atoms with van der Waals surface area (Å²) in [6.07, 6.45) is 0.545. The first-order valence-corrected chi connectivity index (χ1v) is 7.85. The Morgan fingerprint density at radius 3 is 2.92 bits per heavy atom. The molecular weight excluding hydrogens is 324 g/mol. The average Bonchev–Trinajstić information content (AvgIpc) is 2.64. The van der Waals surface area contributed by atoms with Crippen LogP contribution in [0.3, 0.4) is 0 Å². The van der Waals surface area contributed by atoms with Gasteiger partial charge in [0.1, 0.15) is 6.61 Å². The van der Waals surface area contributed by atoms with Crippen molar-refractivity contribution >= 4 is 12.1 Å². The smallest absolute Gasteiger partial charge is 0.284 e. The molecule has 1 aliphatic heterocycles. The first-order chi connectivity index (χ1) is 12.2. The second-order valence-corrected chi connectivity index (χ2v) is 5.23. The van der Waals surface area contributed by atoms with E-state index in [0.29, 0.717) is 29.4 Å². The molecule has 0 aliphatic carbocycles. The highest BCUT2D eigenvalue weighted by molar-refractivity contribution is 5.87. The minimum Gasteiger partial charge on any atom is -0.504 e. The monoisotopic (exact) mass is 342 g/mol. The number of hydrogen-bond acceptors (Lipinski definition) is 6. The van der Waals surface area contributed by atoms with Gasteiger partial charge in [0.25, 0.3) is 5.91 Å². The summed E-state index contributed by atoms with van der Waals surface area (Å²) in [7, 11) is 0. The number of carbonyl (C=O) groups excluding carboxylic acids is 1. The first kappa shape index (κ1) is 16.6. The number of ether oxygens (including phenoxy) is 3. The lowest BCUT2D eigenvalue weighted by molar-refractivity contribution is -0.130. The van der Waals surface area contributed by atoms with Gasteiger partial charge in [-0.3, -0.25) is 4.79 Å². The molecule has 0 aromatic heterocycles.